The lowest BCUT2D eigenvalue weighted by molar-refractivity contribution is -0.0155. The van der Waals surface area contributed by atoms with E-state index in [0.717, 1.165) is 6.61 Å². The van der Waals surface area contributed by atoms with E-state index >= 15 is 0 Å². The lowest BCUT2D eigenvalue weighted by atomic mass is 10.1. The fraction of sp³-hybridized carbons (Fsp3) is 0.760. The molecule has 0 bridgehead atoms. The quantitative estimate of drug-likeness (QED) is 0.206. The van der Waals surface area contributed by atoms with Gasteiger partial charge in [0, 0.05) is 6.61 Å². The minimum absolute atomic E-state index is 0.158. The van der Waals surface area contributed by atoms with Gasteiger partial charge in [-0.25, -0.2) is 0 Å². The van der Waals surface area contributed by atoms with Crippen LogP contribution in [0.1, 0.15) is 89.5 Å². The van der Waals surface area contributed by atoms with Gasteiger partial charge in [0.15, 0.2) is 0 Å². The van der Waals surface area contributed by atoms with Crippen LogP contribution in [0.2, 0.25) is 0 Å². The van der Waals surface area contributed by atoms with E-state index < -0.39 is 0 Å². The Morgan fingerprint density at radius 1 is 0.750 bits per heavy atom. The minimum atomic E-state index is 0.158. The Morgan fingerprint density at radius 2 is 1.29 bits per heavy atom. The van der Waals surface area contributed by atoms with Crippen molar-refractivity contribution < 1.29 is 9.47 Å². The molecular weight excluding hydrogens is 364 g/mol. The molecule has 0 spiro atoms. The summed E-state index contributed by atoms with van der Waals surface area (Å²) >= 11 is 1.98. The second-order valence-electron chi connectivity index (χ2n) is 7.92. The summed E-state index contributed by atoms with van der Waals surface area (Å²) in [5, 5.41) is 0. The Morgan fingerprint density at radius 3 is 1.86 bits per heavy atom. The summed E-state index contributed by atoms with van der Waals surface area (Å²) in [4.78, 5) is 0. The summed E-state index contributed by atoms with van der Waals surface area (Å²) in [5.74, 6) is 1.34. The predicted octanol–water partition coefficient (Wildman–Crippen LogP) is 7.65. The molecule has 0 fully saturated rings. The summed E-state index contributed by atoms with van der Waals surface area (Å²) in [6.45, 7) is 4.33. The van der Waals surface area contributed by atoms with E-state index in [9.17, 15) is 0 Å². The van der Waals surface area contributed by atoms with Crippen molar-refractivity contribution in [2.45, 2.75) is 96.7 Å². The van der Waals surface area contributed by atoms with E-state index in [2.05, 4.69) is 37.4 Å². The van der Waals surface area contributed by atoms with Crippen LogP contribution < -0.4 is 0 Å². The molecular formula is C25H44O2S. The van der Waals surface area contributed by atoms with Crippen LogP contribution in [0, 0.1) is 0 Å². The molecule has 0 saturated heterocycles. The number of rotatable bonds is 20. The smallest absolute Gasteiger partial charge is 0.0785 e. The van der Waals surface area contributed by atoms with Gasteiger partial charge in [-0.15, -0.1) is 0 Å². The number of hydrogen-bond acceptors (Lipinski definition) is 3. The molecule has 0 aromatic heterocycles. The van der Waals surface area contributed by atoms with Crippen molar-refractivity contribution in [2.75, 3.05) is 25.2 Å². The van der Waals surface area contributed by atoms with Crippen molar-refractivity contribution >= 4 is 11.8 Å². The lowest BCUT2D eigenvalue weighted by Crippen LogP contribution is -2.16. The fourth-order valence-electron chi connectivity index (χ4n) is 3.33. The number of thioether (sulfide) groups is 1. The van der Waals surface area contributed by atoms with Crippen LogP contribution >= 0.6 is 11.8 Å². The highest BCUT2D eigenvalue weighted by atomic mass is 32.2. The van der Waals surface area contributed by atoms with Crippen molar-refractivity contribution in [2.24, 2.45) is 0 Å². The zero-order chi connectivity index (χ0) is 20.1. The van der Waals surface area contributed by atoms with Crippen LogP contribution in [-0.2, 0) is 16.1 Å². The third-order valence-corrected chi connectivity index (χ3v) is 5.81. The van der Waals surface area contributed by atoms with Gasteiger partial charge in [0.25, 0.3) is 0 Å². The molecule has 0 radical (unpaired) electrons. The number of unbranched alkanes of at least 4 members (excludes halogenated alkanes) is 11. The molecule has 0 heterocycles. The molecule has 0 aliphatic rings. The molecule has 1 unspecified atom stereocenters. The highest BCUT2D eigenvalue weighted by Gasteiger charge is 2.03. The van der Waals surface area contributed by atoms with Gasteiger partial charge in [0.1, 0.15) is 0 Å². The first kappa shape index (κ1) is 25.5. The second-order valence-corrected chi connectivity index (χ2v) is 8.90. The Labute approximate surface area is 179 Å². The van der Waals surface area contributed by atoms with Crippen molar-refractivity contribution in [3.63, 3.8) is 0 Å². The molecule has 0 aliphatic heterocycles. The molecule has 0 saturated carbocycles. The van der Waals surface area contributed by atoms with Crippen LogP contribution in [0.5, 0.6) is 0 Å². The standard InChI is InChI=1S/C25H44O2S/c1-24(27-23-25-18-14-13-15-19-25)22-26-20-16-11-9-7-5-3-4-6-8-10-12-17-21-28-2/h13-15,18-19,24H,3-12,16-17,20-23H2,1-2H3. The predicted molar refractivity (Wildman–Crippen MR) is 125 cm³/mol. The van der Waals surface area contributed by atoms with Gasteiger partial charge in [0.2, 0.25) is 0 Å². The first-order valence-corrected chi connectivity index (χ1v) is 12.9. The van der Waals surface area contributed by atoms with Crippen LogP contribution in [0.25, 0.3) is 0 Å². The molecule has 0 aliphatic carbocycles. The van der Waals surface area contributed by atoms with Gasteiger partial charge in [-0.2, -0.15) is 11.8 Å². The molecule has 1 aromatic carbocycles. The number of benzene rings is 1. The molecule has 1 aromatic rings. The maximum absolute atomic E-state index is 5.83. The SMILES string of the molecule is CSCCCCCCCCCCCCCCOCC(C)OCc1ccccc1. The summed E-state index contributed by atoms with van der Waals surface area (Å²) < 4.78 is 11.6. The topological polar surface area (TPSA) is 18.5 Å². The van der Waals surface area contributed by atoms with Gasteiger partial charge in [-0.1, -0.05) is 94.5 Å². The van der Waals surface area contributed by atoms with Crippen LogP contribution in [-0.4, -0.2) is 31.3 Å². The summed E-state index contributed by atoms with van der Waals surface area (Å²) in [7, 11) is 0. The molecule has 2 nitrogen and oxygen atoms in total. The van der Waals surface area contributed by atoms with E-state index in [1.54, 1.807) is 0 Å². The monoisotopic (exact) mass is 408 g/mol. The van der Waals surface area contributed by atoms with Crippen molar-refractivity contribution in [3.05, 3.63) is 35.9 Å². The third-order valence-electron chi connectivity index (χ3n) is 5.12. The van der Waals surface area contributed by atoms with E-state index in [1.165, 1.54) is 88.4 Å². The molecule has 1 rings (SSSR count). The van der Waals surface area contributed by atoms with E-state index in [1.807, 2.05) is 17.8 Å². The van der Waals surface area contributed by atoms with E-state index in [0.29, 0.717) is 13.2 Å². The Kier molecular flexibility index (Phi) is 18.0. The van der Waals surface area contributed by atoms with Crippen LogP contribution in [0.15, 0.2) is 30.3 Å². The van der Waals surface area contributed by atoms with Crippen molar-refractivity contribution in [1.82, 2.24) is 0 Å². The molecule has 0 N–H and O–H groups in total. The maximum Gasteiger partial charge on any atom is 0.0785 e. The molecule has 162 valence electrons. The first-order chi connectivity index (χ1) is 13.8. The normalized spacial score (nSPS) is 12.4. The summed E-state index contributed by atoms with van der Waals surface area (Å²) in [6, 6.07) is 10.3. The second kappa shape index (κ2) is 19.8. The van der Waals surface area contributed by atoms with Crippen molar-refractivity contribution in [3.8, 4) is 0 Å². The molecule has 28 heavy (non-hydrogen) atoms. The largest absolute Gasteiger partial charge is 0.379 e. The van der Waals surface area contributed by atoms with Gasteiger partial charge in [-0.05, 0) is 37.3 Å². The first-order valence-electron chi connectivity index (χ1n) is 11.5. The van der Waals surface area contributed by atoms with Gasteiger partial charge in [-0.3, -0.25) is 0 Å². The minimum Gasteiger partial charge on any atom is -0.379 e. The van der Waals surface area contributed by atoms with E-state index in [4.69, 9.17) is 9.47 Å². The zero-order valence-electron chi connectivity index (χ0n) is 18.5. The van der Waals surface area contributed by atoms with Gasteiger partial charge < -0.3 is 9.47 Å². The third kappa shape index (κ3) is 16.4. The average Bonchev–Trinajstić information content (AvgIpc) is 2.72. The summed E-state index contributed by atoms with van der Waals surface area (Å²) in [5.41, 5.74) is 1.22. The highest BCUT2D eigenvalue weighted by Crippen LogP contribution is 2.13. The molecule has 1 atom stereocenters. The van der Waals surface area contributed by atoms with Crippen LogP contribution in [0.3, 0.4) is 0 Å². The van der Waals surface area contributed by atoms with E-state index in [-0.39, 0.29) is 6.10 Å². The zero-order valence-corrected chi connectivity index (χ0v) is 19.3. The Hall–Kier alpha value is -0.510. The highest BCUT2D eigenvalue weighted by molar-refractivity contribution is 7.98. The van der Waals surface area contributed by atoms with Gasteiger partial charge in [0.05, 0.1) is 19.3 Å². The number of hydrogen-bond donors (Lipinski definition) is 0. The fourth-order valence-corrected chi connectivity index (χ4v) is 3.82. The van der Waals surface area contributed by atoms with Gasteiger partial charge >= 0.3 is 0 Å². The van der Waals surface area contributed by atoms with Crippen molar-refractivity contribution in [1.29, 1.82) is 0 Å². The lowest BCUT2D eigenvalue weighted by Gasteiger charge is -2.13. The Bertz CT molecular complexity index is 424. The Balaban J connectivity index is 1.75. The maximum atomic E-state index is 5.83. The molecule has 0 amide bonds. The average molecular weight is 409 g/mol. The molecule has 3 heteroatoms. The summed E-state index contributed by atoms with van der Waals surface area (Å²) in [6.07, 6.45) is 19.0. The van der Waals surface area contributed by atoms with Crippen LogP contribution in [0.4, 0.5) is 0 Å². The number of ether oxygens (including phenoxy) is 2.